The van der Waals surface area contributed by atoms with Gasteiger partial charge in [-0.2, -0.15) is 0 Å². The number of sulfone groups is 1. The summed E-state index contributed by atoms with van der Waals surface area (Å²) < 4.78 is 69.1. The van der Waals surface area contributed by atoms with Gasteiger partial charge in [0, 0.05) is 6.54 Å². The molecule has 45 heavy (non-hydrogen) atoms. The molecule has 0 bridgehead atoms. The highest BCUT2D eigenvalue weighted by molar-refractivity contribution is 8.28. The molecule has 2 aromatic rings. The number of carbonyl (C=O) groups excluding carboxylic acids is 2. The van der Waals surface area contributed by atoms with Gasteiger partial charge < -0.3 is 9.47 Å². The normalized spacial score (nSPS) is 19.8. The molecule has 2 atom stereocenters. The zero-order valence-corrected chi connectivity index (χ0v) is 29.7. The molecule has 4 rings (SSSR count). The molecule has 2 aliphatic rings. The van der Waals surface area contributed by atoms with E-state index in [1.54, 1.807) is 20.8 Å². The lowest BCUT2D eigenvalue weighted by Crippen LogP contribution is -2.74. The molecule has 244 valence electrons. The first-order valence-corrected chi connectivity index (χ1v) is 20.5. The van der Waals surface area contributed by atoms with Crippen molar-refractivity contribution in [2.45, 2.75) is 64.3 Å². The first kappa shape index (κ1) is 35.0. The maximum absolute atomic E-state index is 14.6. The van der Waals surface area contributed by atoms with Crippen LogP contribution in [0.5, 0.6) is 0 Å². The number of amides is 1. The van der Waals surface area contributed by atoms with E-state index < -0.39 is 63.1 Å². The average molecular weight is 693 g/mol. The van der Waals surface area contributed by atoms with Gasteiger partial charge >= 0.3 is 12.1 Å². The summed E-state index contributed by atoms with van der Waals surface area (Å²) in [6, 6.07) is 17.9. The first-order valence-electron chi connectivity index (χ1n) is 14.7. The van der Waals surface area contributed by atoms with Crippen LogP contribution in [0.15, 0.2) is 80.8 Å². The van der Waals surface area contributed by atoms with Crippen molar-refractivity contribution in [2.24, 2.45) is 0 Å². The van der Waals surface area contributed by atoms with Crippen LogP contribution in [0, 0.1) is 0 Å². The van der Waals surface area contributed by atoms with Crippen molar-refractivity contribution in [2.75, 3.05) is 19.8 Å². The molecule has 2 heterocycles. The third-order valence-corrected chi connectivity index (χ3v) is 20.3. The van der Waals surface area contributed by atoms with E-state index in [1.807, 2.05) is 81.4 Å². The summed E-state index contributed by atoms with van der Waals surface area (Å²) in [7, 11) is -11.6. The van der Waals surface area contributed by atoms with E-state index in [4.69, 9.17) is 9.47 Å². The third-order valence-electron chi connectivity index (χ3n) is 8.02. The quantitative estimate of drug-likeness (QED) is 0.291. The Kier molecular flexibility index (Phi) is 10.4. The molecule has 0 unspecified atom stereocenters. The number of hydrogen-bond acceptors (Lipinski definition) is 9. The number of likely N-dealkylation sites (N-methyl/N-ethyl adjacent to an activating group) is 1. The summed E-state index contributed by atoms with van der Waals surface area (Å²) in [6.45, 7) is 10.4. The lowest BCUT2D eigenvalue weighted by Gasteiger charge is -2.44. The maximum Gasteiger partial charge on any atom is 0.411 e. The number of hydrogen-bond donors (Lipinski definition) is 1. The molecule has 0 aliphatic carbocycles. The molecule has 2 aliphatic heterocycles. The number of carbonyl (C=O) groups is 2. The maximum atomic E-state index is 14.6. The SMILES string of the molecule is CCOC(=O)COC(=O)N(CC)[C@H]1C=C(S(=O)(=O)N[Si](c2ccccc2)(c2ccccc2)C(C)(C)C)SC2=C1C[C@H](C)S2(=O)=O. The zero-order valence-electron chi connectivity index (χ0n) is 26.3. The van der Waals surface area contributed by atoms with Crippen LogP contribution in [0.4, 0.5) is 4.79 Å². The van der Waals surface area contributed by atoms with Gasteiger partial charge in [-0.25, -0.2) is 30.8 Å². The fraction of sp³-hybridized carbons (Fsp3) is 0.419. The number of ether oxygens (including phenoxy) is 2. The fourth-order valence-corrected chi connectivity index (χ4v) is 18.2. The van der Waals surface area contributed by atoms with E-state index in [-0.39, 0.29) is 28.0 Å². The lowest BCUT2D eigenvalue weighted by atomic mass is 10.0. The molecule has 1 amide bonds. The minimum Gasteiger partial charge on any atom is -0.463 e. The summed E-state index contributed by atoms with van der Waals surface area (Å²) in [5, 5.41) is 0.300. The van der Waals surface area contributed by atoms with E-state index in [2.05, 4.69) is 4.39 Å². The smallest absolute Gasteiger partial charge is 0.411 e. The Labute approximate surface area is 271 Å². The van der Waals surface area contributed by atoms with Gasteiger partial charge in [0.25, 0.3) is 0 Å². The summed E-state index contributed by atoms with van der Waals surface area (Å²) in [5.74, 6) is -0.730. The van der Waals surface area contributed by atoms with Gasteiger partial charge in [-0.3, -0.25) is 4.90 Å². The van der Waals surface area contributed by atoms with Crippen molar-refractivity contribution >= 4 is 62.3 Å². The predicted molar refractivity (Wildman–Crippen MR) is 180 cm³/mol. The van der Waals surface area contributed by atoms with Crippen LogP contribution >= 0.6 is 11.8 Å². The number of esters is 1. The minimum absolute atomic E-state index is 0.0637. The van der Waals surface area contributed by atoms with Gasteiger partial charge in [0.2, 0.25) is 18.3 Å². The zero-order chi connectivity index (χ0) is 33.2. The Morgan fingerprint density at radius 2 is 1.56 bits per heavy atom. The third kappa shape index (κ3) is 6.80. The van der Waals surface area contributed by atoms with Gasteiger partial charge in [0.15, 0.2) is 16.4 Å². The van der Waals surface area contributed by atoms with E-state index in [0.29, 0.717) is 17.3 Å². The van der Waals surface area contributed by atoms with E-state index in [9.17, 15) is 26.4 Å². The highest BCUT2D eigenvalue weighted by Gasteiger charge is 2.53. The van der Waals surface area contributed by atoms with Crippen LogP contribution < -0.4 is 14.8 Å². The highest BCUT2D eigenvalue weighted by atomic mass is 32.3. The topological polar surface area (TPSA) is 136 Å². The van der Waals surface area contributed by atoms with E-state index in [0.717, 1.165) is 10.4 Å². The molecule has 2 aromatic carbocycles. The molecule has 0 aromatic heterocycles. The fourth-order valence-electron chi connectivity index (χ4n) is 5.79. The molecule has 10 nitrogen and oxygen atoms in total. The summed E-state index contributed by atoms with van der Waals surface area (Å²) in [5.41, 5.74) is 0.423. The number of sulfonamides is 1. The first-order chi connectivity index (χ1) is 21.1. The largest absolute Gasteiger partial charge is 0.463 e. The minimum atomic E-state index is -4.38. The average Bonchev–Trinajstić information content (AvgIpc) is 3.23. The Bertz CT molecular complexity index is 1660. The van der Waals surface area contributed by atoms with Gasteiger partial charge in [-0.05, 0) is 54.3 Å². The van der Waals surface area contributed by atoms with Crippen molar-refractivity contribution in [1.82, 2.24) is 9.29 Å². The van der Waals surface area contributed by atoms with E-state index >= 15 is 0 Å². The van der Waals surface area contributed by atoms with Crippen molar-refractivity contribution < 1.29 is 35.9 Å². The summed E-state index contributed by atoms with van der Waals surface area (Å²) in [6.07, 6.45) is 0.661. The second kappa shape index (κ2) is 13.4. The molecule has 0 saturated carbocycles. The molecule has 0 saturated heterocycles. The second-order valence-electron chi connectivity index (χ2n) is 11.9. The van der Waals surface area contributed by atoms with Crippen molar-refractivity contribution in [3.63, 3.8) is 0 Å². The monoisotopic (exact) mass is 692 g/mol. The number of nitrogens with one attached hydrogen (secondary N) is 1. The lowest BCUT2D eigenvalue weighted by molar-refractivity contribution is -0.146. The van der Waals surface area contributed by atoms with Gasteiger partial charge in [-0.1, -0.05) is 93.2 Å². The molecular weight excluding hydrogens is 653 g/mol. The molecule has 0 fully saturated rings. The van der Waals surface area contributed by atoms with Crippen molar-refractivity contribution in [3.05, 3.63) is 80.8 Å². The molecule has 0 spiro atoms. The Morgan fingerprint density at radius 1 is 1.00 bits per heavy atom. The van der Waals surface area contributed by atoms with Crippen LogP contribution in [0.3, 0.4) is 0 Å². The van der Waals surface area contributed by atoms with Crippen LogP contribution in [0.25, 0.3) is 0 Å². The standard InChI is InChI=1S/C31H40N2O8S3Si/c1-7-33(30(35)41-21-27(34)40-8-2)26-20-28(42-29-25(26)19-22(3)43(29,36)37)44(38,39)32-45(31(4,5)6,23-15-11-9-12-16-23)24-17-13-10-14-18-24/h9-18,20,22,26,32H,7-8,19,21H2,1-6H3/t22-,26-/m0/s1. The highest BCUT2D eigenvalue weighted by Crippen LogP contribution is 2.49. The number of rotatable bonds is 10. The Morgan fingerprint density at radius 3 is 2.04 bits per heavy atom. The van der Waals surface area contributed by atoms with E-state index in [1.165, 1.54) is 11.0 Å². The van der Waals surface area contributed by atoms with Gasteiger partial charge in [0.05, 0.1) is 17.9 Å². The number of thioether (sulfide) groups is 1. The summed E-state index contributed by atoms with van der Waals surface area (Å²) >= 11 is 0.701. The molecule has 0 radical (unpaired) electrons. The second-order valence-corrected chi connectivity index (χ2v) is 22.2. The number of benzene rings is 2. The van der Waals surface area contributed by atoms with Crippen molar-refractivity contribution in [1.29, 1.82) is 0 Å². The van der Waals surface area contributed by atoms with Crippen LogP contribution in [-0.4, -0.2) is 73.1 Å². The molecular formula is C31H40N2O8S3Si. The van der Waals surface area contributed by atoms with Crippen LogP contribution in [-0.2, 0) is 34.1 Å². The Balaban J connectivity index is 1.84. The molecule has 14 heteroatoms. The molecule has 1 N–H and O–H groups in total. The van der Waals surface area contributed by atoms with Gasteiger partial charge in [0.1, 0.15) is 8.47 Å². The Hall–Kier alpha value is -2.91. The van der Waals surface area contributed by atoms with Crippen LogP contribution in [0.2, 0.25) is 5.04 Å². The summed E-state index contributed by atoms with van der Waals surface area (Å²) in [4.78, 5) is 26.3. The predicted octanol–water partition coefficient (Wildman–Crippen LogP) is 3.86. The number of nitrogens with zero attached hydrogens (tertiary/aromatic N) is 1. The van der Waals surface area contributed by atoms with Gasteiger partial charge in [-0.15, -0.1) is 0 Å². The van der Waals surface area contributed by atoms with Crippen LogP contribution in [0.1, 0.15) is 48.0 Å². The van der Waals surface area contributed by atoms with Crippen molar-refractivity contribution in [3.8, 4) is 0 Å².